The Bertz CT molecular complexity index is 855. The van der Waals surface area contributed by atoms with Crippen LogP contribution in [0.15, 0.2) is 48.8 Å². The molecule has 4 heteroatoms. The van der Waals surface area contributed by atoms with Gasteiger partial charge in [-0.1, -0.05) is 51.1 Å². The molecule has 0 aliphatic carbocycles. The van der Waals surface area contributed by atoms with Crippen LogP contribution >= 0.6 is 0 Å². The van der Waals surface area contributed by atoms with Crippen molar-refractivity contribution in [2.75, 3.05) is 0 Å². The highest BCUT2D eigenvalue weighted by molar-refractivity contribution is 6.00. The summed E-state index contributed by atoms with van der Waals surface area (Å²) in [6.07, 6.45) is 1.70. The zero-order valence-corrected chi connectivity index (χ0v) is 13.6. The zero-order chi connectivity index (χ0) is 16.6. The second-order valence-electron chi connectivity index (χ2n) is 6.80. The predicted octanol–water partition coefficient (Wildman–Crippen LogP) is 4.08. The molecule has 0 fully saturated rings. The van der Waals surface area contributed by atoms with Gasteiger partial charge in [0.1, 0.15) is 5.52 Å². The van der Waals surface area contributed by atoms with Gasteiger partial charge in [-0.25, -0.2) is 9.78 Å². The van der Waals surface area contributed by atoms with E-state index in [1.165, 1.54) is 5.56 Å². The minimum absolute atomic E-state index is 0.136. The monoisotopic (exact) mass is 308 g/mol. The molecule has 0 saturated heterocycles. The number of aromatic nitrogens is 2. The normalized spacial score (nSPS) is 11.8. The third kappa shape index (κ3) is 2.97. The standard InChI is InChI=1S/C19H20N2O2/c1-19(2,3)14-9-7-13(8-10-14)11-21-12-20-17-15(18(22)23)5-4-6-16(17)21/h4-10,12H,11H2,1-3H3,(H,22,23). The first-order chi connectivity index (χ1) is 10.9. The molecule has 0 spiro atoms. The third-order valence-corrected chi connectivity index (χ3v) is 4.05. The Balaban J connectivity index is 1.93. The van der Waals surface area contributed by atoms with Crippen LogP contribution in [-0.4, -0.2) is 20.6 Å². The van der Waals surface area contributed by atoms with Crippen LogP contribution in [-0.2, 0) is 12.0 Å². The van der Waals surface area contributed by atoms with Gasteiger partial charge in [-0.15, -0.1) is 0 Å². The van der Waals surface area contributed by atoms with Crippen molar-refractivity contribution >= 4 is 17.0 Å². The molecule has 1 heterocycles. The van der Waals surface area contributed by atoms with E-state index in [0.717, 1.165) is 11.1 Å². The smallest absolute Gasteiger partial charge is 0.337 e. The summed E-state index contributed by atoms with van der Waals surface area (Å²) in [7, 11) is 0. The summed E-state index contributed by atoms with van der Waals surface area (Å²) in [6.45, 7) is 7.25. The molecule has 1 aromatic heterocycles. The fourth-order valence-electron chi connectivity index (χ4n) is 2.69. The average molecular weight is 308 g/mol. The minimum Gasteiger partial charge on any atom is -0.478 e. The van der Waals surface area contributed by atoms with Crippen LogP contribution < -0.4 is 0 Å². The Morgan fingerprint density at radius 1 is 1.13 bits per heavy atom. The minimum atomic E-state index is -0.949. The molecular weight excluding hydrogens is 288 g/mol. The number of imidazole rings is 1. The van der Waals surface area contributed by atoms with E-state index in [1.54, 1.807) is 18.5 Å². The first-order valence-electron chi connectivity index (χ1n) is 7.63. The lowest BCUT2D eigenvalue weighted by atomic mass is 9.87. The van der Waals surface area contributed by atoms with Crippen molar-refractivity contribution in [3.63, 3.8) is 0 Å². The first kappa shape index (κ1) is 15.3. The molecule has 2 aromatic carbocycles. The van der Waals surface area contributed by atoms with E-state index in [2.05, 4.69) is 50.0 Å². The van der Waals surface area contributed by atoms with E-state index in [4.69, 9.17) is 0 Å². The number of benzene rings is 2. The van der Waals surface area contributed by atoms with Crippen LogP contribution in [0.4, 0.5) is 0 Å². The molecule has 0 atom stereocenters. The van der Waals surface area contributed by atoms with Gasteiger partial charge in [0.05, 0.1) is 17.4 Å². The van der Waals surface area contributed by atoms with Gasteiger partial charge in [0.15, 0.2) is 0 Å². The molecule has 0 aliphatic heterocycles. The molecule has 0 unspecified atom stereocenters. The van der Waals surface area contributed by atoms with Crippen LogP contribution in [0, 0.1) is 0 Å². The van der Waals surface area contributed by atoms with Crippen LogP contribution in [0.5, 0.6) is 0 Å². The summed E-state index contributed by atoms with van der Waals surface area (Å²) in [4.78, 5) is 15.5. The quantitative estimate of drug-likeness (QED) is 0.793. The number of hydrogen-bond donors (Lipinski definition) is 1. The molecule has 0 bridgehead atoms. The van der Waals surface area contributed by atoms with E-state index in [9.17, 15) is 9.90 Å². The highest BCUT2D eigenvalue weighted by Crippen LogP contribution is 2.23. The summed E-state index contributed by atoms with van der Waals surface area (Å²) in [5.74, 6) is -0.949. The van der Waals surface area contributed by atoms with Crippen LogP contribution in [0.1, 0.15) is 42.3 Å². The number of carboxylic acids is 1. The summed E-state index contributed by atoms with van der Waals surface area (Å²) >= 11 is 0. The number of carboxylic acid groups (broad SMARTS) is 1. The van der Waals surface area contributed by atoms with Crippen molar-refractivity contribution in [1.29, 1.82) is 0 Å². The Hall–Kier alpha value is -2.62. The predicted molar refractivity (Wildman–Crippen MR) is 90.9 cm³/mol. The lowest BCUT2D eigenvalue weighted by molar-refractivity contribution is 0.0699. The third-order valence-electron chi connectivity index (χ3n) is 4.05. The van der Waals surface area contributed by atoms with Crippen molar-refractivity contribution in [2.45, 2.75) is 32.7 Å². The number of fused-ring (bicyclic) bond motifs is 1. The molecular formula is C19H20N2O2. The van der Waals surface area contributed by atoms with Gasteiger partial charge >= 0.3 is 5.97 Å². The molecule has 23 heavy (non-hydrogen) atoms. The summed E-state index contributed by atoms with van der Waals surface area (Å²) in [5.41, 5.74) is 4.21. The molecule has 4 nitrogen and oxygen atoms in total. The van der Waals surface area contributed by atoms with Gasteiger partial charge < -0.3 is 9.67 Å². The number of aromatic carboxylic acids is 1. The largest absolute Gasteiger partial charge is 0.478 e. The van der Waals surface area contributed by atoms with Gasteiger partial charge in [-0.05, 0) is 28.7 Å². The molecule has 118 valence electrons. The molecule has 0 radical (unpaired) electrons. The number of carbonyl (C=O) groups is 1. The molecule has 0 aliphatic rings. The molecule has 3 rings (SSSR count). The molecule has 3 aromatic rings. The van der Waals surface area contributed by atoms with Crippen LogP contribution in [0.25, 0.3) is 11.0 Å². The van der Waals surface area contributed by atoms with Gasteiger partial charge in [-0.3, -0.25) is 0 Å². The van der Waals surface area contributed by atoms with Gasteiger partial charge in [-0.2, -0.15) is 0 Å². The van der Waals surface area contributed by atoms with E-state index in [1.807, 2.05) is 10.6 Å². The number of hydrogen-bond acceptors (Lipinski definition) is 2. The summed E-state index contributed by atoms with van der Waals surface area (Å²) in [6, 6.07) is 13.8. The van der Waals surface area contributed by atoms with Gasteiger partial charge in [0.25, 0.3) is 0 Å². The van der Waals surface area contributed by atoms with Crippen molar-refractivity contribution in [3.8, 4) is 0 Å². The van der Waals surface area contributed by atoms with Crippen molar-refractivity contribution in [1.82, 2.24) is 9.55 Å². The Labute approximate surface area is 135 Å². The fourth-order valence-corrected chi connectivity index (χ4v) is 2.69. The Morgan fingerprint density at radius 3 is 2.43 bits per heavy atom. The van der Waals surface area contributed by atoms with E-state index in [-0.39, 0.29) is 11.0 Å². The number of nitrogens with zero attached hydrogens (tertiary/aromatic N) is 2. The lowest BCUT2D eigenvalue weighted by Gasteiger charge is -2.19. The van der Waals surface area contributed by atoms with Gasteiger partial charge in [0, 0.05) is 6.54 Å². The average Bonchev–Trinajstić information content (AvgIpc) is 2.90. The topological polar surface area (TPSA) is 55.1 Å². The maximum atomic E-state index is 11.3. The fraction of sp³-hybridized carbons (Fsp3) is 0.263. The second-order valence-corrected chi connectivity index (χ2v) is 6.80. The van der Waals surface area contributed by atoms with Crippen LogP contribution in [0.3, 0.4) is 0 Å². The SMILES string of the molecule is CC(C)(C)c1ccc(Cn2cnc3c(C(=O)O)cccc32)cc1. The second kappa shape index (κ2) is 5.54. The molecule has 0 amide bonds. The maximum absolute atomic E-state index is 11.3. The first-order valence-corrected chi connectivity index (χ1v) is 7.63. The van der Waals surface area contributed by atoms with Crippen molar-refractivity contribution in [3.05, 3.63) is 65.5 Å². The van der Waals surface area contributed by atoms with Crippen molar-refractivity contribution in [2.24, 2.45) is 0 Å². The Morgan fingerprint density at radius 2 is 1.83 bits per heavy atom. The van der Waals surface area contributed by atoms with Crippen LogP contribution in [0.2, 0.25) is 0 Å². The van der Waals surface area contributed by atoms with E-state index in [0.29, 0.717) is 12.1 Å². The molecule has 1 N–H and O–H groups in total. The molecule has 0 saturated carbocycles. The lowest BCUT2D eigenvalue weighted by Crippen LogP contribution is -2.11. The highest BCUT2D eigenvalue weighted by Gasteiger charge is 2.14. The zero-order valence-electron chi connectivity index (χ0n) is 13.6. The Kier molecular flexibility index (Phi) is 3.68. The number of rotatable bonds is 3. The summed E-state index contributed by atoms with van der Waals surface area (Å²) in [5, 5.41) is 9.24. The van der Waals surface area contributed by atoms with Crippen molar-refractivity contribution < 1.29 is 9.90 Å². The van der Waals surface area contributed by atoms with Gasteiger partial charge in [0.2, 0.25) is 0 Å². The maximum Gasteiger partial charge on any atom is 0.337 e. The number of para-hydroxylation sites is 1. The van der Waals surface area contributed by atoms with E-state index < -0.39 is 5.97 Å². The summed E-state index contributed by atoms with van der Waals surface area (Å²) < 4.78 is 1.98. The highest BCUT2D eigenvalue weighted by atomic mass is 16.4. The van der Waals surface area contributed by atoms with E-state index >= 15 is 0 Å².